The maximum absolute atomic E-state index is 12.7. The van der Waals surface area contributed by atoms with E-state index in [-0.39, 0.29) is 105 Å². The lowest BCUT2D eigenvalue weighted by atomic mass is 9.88. The molecule has 39 nitrogen and oxygen atoms in total. The summed E-state index contributed by atoms with van der Waals surface area (Å²) in [6, 6.07) is 22.4. The van der Waals surface area contributed by atoms with Gasteiger partial charge in [0.15, 0.2) is 31.1 Å². The molecule has 5 aromatic heterocycles. The minimum Gasteiger partial charge on any atom is -0.388 e. The molecule has 126 heavy (non-hydrogen) atoms. The van der Waals surface area contributed by atoms with Crippen LogP contribution in [-0.4, -0.2) is 265 Å². The SMILES string of the molecule is CC[C@@]12CN(OCCF)[C@@H]([C@H](n3ccc(=O)[nH]c3=O)O1)[C@@H]2C.CC[C@@]12CN(OCCF)[C@@H]([C@H](n3ccc(=O)[nH]c3=O)O1)[C@@H]2O.CC[C@@]12CN(OCCF)[C@@H]([C@H](n3ccc(N)nc3=O)O1)[C@@H]2C.CC[C@@]12CN(OCCF)[C@@H]([C@H](n3ccc(NC(=O)c4ccccc4)nc3=O)O1)[C@@H]2C.CC[C@@]12CN(OCCF)[C@@H]([C@H](n3ccc(NC(=O)c4ccccc4)nc3=O)O1)[C@@H]2O. The summed E-state index contributed by atoms with van der Waals surface area (Å²) >= 11 is 0. The molecule has 0 unspecified atom stereocenters. The third-order valence-corrected chi connectivity index (χ3v) is 25.6. The minimum atomic E-state index is -0.911. The molecule has 8 N–H and O–H groups in total. The number of nitrogens with two attached hydrogens (primary N) is 1. The van der Waals surface area contributed by atoms with E-state index < -0.39 is 156 Å². The van der Waals surface area contributed by atoms with Crippen molar-refractivity contribution in [2.45, 2.75) is 189 Å². The molecule has 0 radical (unpaired) electrons. The van der Waals surface area contributed by atoms with Gasteiger partial charge in [0.25, 0.3) is 22.9 Å². The summed E-state index contributed by atoms with van der Waals surface area (Å²) in [4.78, 5) is 152. The lowest BCUT2D eigenvalue weighted by Gasteiger charge is -2.36. The normalized spacial score (nSPS) is 31.4. The molecule has 10 aliphatic rings. The van der Waals surface area contributed by atoms with Crippen LogP contribution < -0.4 is 55.9 Å². The van der Waals surface area contributed by atoms with Crippen molar-refractivity contribution in [1.29, 1.82) is 0 Å². The number of benzene rings is 2. The number of carbonyl (C=O) groups excluding carboxylic acids is 2. The molecule has 2 amide bonds. The Balaban J connectivity index is 0.000000136. The van der Waals surface area contributed by atoms with Crippen molar-refractivity contribution in [3.05, 3.63) is 206 Å². The molecule has 7 aromatic rings. The zero-order chi connectivity index (χ0) is 90.3. The second kappa shape index (κ2) is 39.8. The Morgan fingerprint density at radius 3 is 0.960 bits per heavy atom. The molecule has 2 aromatic carbocycles. The van der Waals surface area contributed by atoms with Crippen molar-refractivity contribution in [1.82, 2.24) is 73.1 Å². The summed E-state index contributed by atoms with van der Waals surface area (Å²) in [6.45, 7) is 14.9. The summed E-state index contributed by atoms with van der Waals surface area (Å²) in [7, 11) is 0. The molecule has 15 heterocycles. The highest BCUT2D eigenvalue weighted by atomic mass is 19.1. The van der Waals surface area contributed by atoms with Crippen LogP contribution in [0.4, 0.5) is 39.4 Å². The average Bonchev–Trinajstić information content (AvgIpc) is 1.58. The van der Waals surface area contributed by atoms with Gasteiger partial charge in [-0.05, 0) is 74.6 Å². The number of nitrogen functional groups attached to an aromatic ring is 1. The molecule has 0 spiro atoms. The predicted molar refractivity (Wildman–Crippen MR) is 439 cm³/mol. The number of hydroxylamine groups is 10. The molecule has 10 fully saturated rings. The molecule has 0 saturated carbocycles. The number of amides is 2. The van der Waals surface area contributed by atoms with Crippen molar-refractivity contribution >= 4 is 29.3 Å². The van der Waals surface area contributed by atoms with Crippen LogP contribution in [0.2, 0.25) is 0 Å². The summed E-state index contributed by atoms with van der Waals surface area (Å²) < 4.78 is 99.6. The Bertz CT molecular complexity index is 5090. The van der Waals surface area contributed by atoms with Gasteiger partial charge in [-0.15, -0.1) is 0 Å². The third kappa shape index (κ3) is 18.4. The molecule has 10 aliphatic heterocycles. The first kappa shape index (κ1) is 93.8. The first-order valence-corrected chi connectivity index (χ1v) is 42.0. The number of H-pyrrole nitrogens is 2. The Labute approximate surface area is 717 Å². The Morgan fingerprint density at radius 1 is 0.405 bits per heavy atom. The van der Waals surface area contributed by atoms with Crippen LogP contribution in [-0.2, 0) is 47.9 Å². The summed E-state index contributed by atoms with van der Waals surface area (Å²) in [6.07, 6.45) is 5.49. The van der Waals surface area contributed by atoms with Crippen molar-refractivity contribution in [2.75, 3.05) is 115 Å². The predicted octanol–water partition coefficient (Wildman–Crippen LogP) is 3.83. The van der Waals surface area contributed by atoms with Crippen LogP contribution in [0, 0.1) is 17.8 Å². The van der Waals surface area contributed by atoms with Gasteiger partial charge in [0, 0.05) is 72.0 Å². The number of aromatic nitrogens is 10. The third-order valence-electron chi connectivity index (χ3n) is 25.6. The number of morpholine rings is 5. The van der Waals surface area contributed by atoms with E-state index in [4.69, 9.17) is 53.6 Å². The number of hydrogen-bond donors (Lipinski definition) is 7. The number of anilines is 3. The first-order chi connectivity index (χ1) is 60.5. The highest BCUT2D eigenvalue weighted by molar-refractivity contribution is 6.04. The van der Waals surface area contributed by atoms with Gasteiger partial charge in [0.2, 0.25) is 0 Å². The molecule has 10 bridgehead atoms. The van der Waals surface area contributed by atoms with Crippen LogP contribution in [0.25, 0.3) is 0 Å². The Hall–Kier alpha value is -9.85. The van der Waals surface area contributed by atoms with E-state index in [1.54, 1.807) is 94.3 Å². The monoisotopic (exact) mass is 1770 g/mol. The number of fused-ring (bicyclic) bond motifs is 10. The minimum absolute atomic E-state index is 0.00458. The Kier molecular flexibility index (Phi) is 29.6. The maximum Gasteiger partial charge on any atom is 0.351 e. The van der Waals surface area contributed by atoms with E-state index in [2.05, 4.69) is 49.4 Å². The second-order valence-electron chi connectivity index (χ2n) is 32.1. The standard InChI is InChI=1S/C21H25FN4O4.C20H23FN4O5.C14H21FN4O3.C14H20FN3O4.C13H18FN3O5/c1-3-21-13-26(29-12-10-22)17(14(21)2)19(30-21)25-11-9-16(24-20(25)28)23-18(27)15-7-5-4-6-8-15;1-2-20-12-25(29-11-9-21)15(16(20)26)18(30-20)24-10-8-14(23-19(24)28)22-17(27)13-6-4-3-5-7-13;1-3-14-8-19(21-7-5-15)11(9(14)2)12(22-14)18-6-4-10(16)17-13(18)20;1-3-14-8-18(21-7-5-15)11(9(14)2)12(22-14)17-6-4-10(19)16-13(17)20;1-2-13-7-17(21-6-4-14)9(10(13)19)11(22-13)16-5-3-8(18)15-12(16)20/h4-9,11,14,17,19H,3,10,12-13H2,1-2H3,(H,23,24,27,28);3-8,10,15-16,18,26H,2,9,11-12H2,1H3,(H,22,23,27,28);4,6,9,11-12H,3,5,7-8H2,1-2H3,(H2,16,17,20);4,6,9,11-12H,3,5,7-8H2,1-2H3,(H,16,19,20);3,5,9-11,19H,2,4,6-7H2,1H3,(H,15,18,20)/t14-,17+,19+,21-;15-,16+,18-,20+;2*9-,11+,12+,14-;9-,10+,11-,13+/m01001/s1. The van der Waals surface area contributed by atoms with E-state index in [9.17, 15) is 75.3 Å². The largest absolute Gasteiger partial charge is 0.388 e. The number of ether oxygens (including phenoxy) is 5. The number of alkyl halides is 5. The second-order valence-corrected chi connectivity index (χ2v) is 32.1. The smallest absolute Gasteiger partial charge is 0.351 e. The van der Waals surface area contributed by atoms with Crippen LogP contribution in [0.5, 0.6) is 0 Å². The number of nitrogens with zero attached hydrogens (tertiary/aromatic N) is 13. The fourth-order valence-electron chi connectivity index (χ4n) is 18.7. The van der Waals surface area contributed by atoms with Gasteiger partial charge in [0.1, 0.15) is 86.3 Å². The maximum atomic E-state index is 12.7. The fourth-order valence-corrected chi connectivity index (χ4v) is 18.7. The van der Waals surface area contributed by atoms with Crippen molar-refractivity contribution in [3.63, 3.8) is 0 Å². The van der Waals surface area contributed by atoms with Gasteiger partial charge in [-0.1, -0.05) is 91.8 Å². The van der Waals surface area contributed by atoms with Crippen molar-refractivity contribution in [3.8, 4) is 0 Å². The lowest BCUT2D eigenvalue weighted by molar-refractivity contribution is -0.250. The molecule has 0 aliphatic carbocycles. The number of hydrogen-bond acceptors (Lipinski definition) is 30. The molecule has 17 rings (SSSR count). The van der Waals surface area contributed by atoms with Crippen LogP contribution >= 0.6 is 0 Å². The number of halogens is 5. The van der Waals surface area contributed by atoms with Crippen molar-refractivity contribution < 1.29 is 89.6 Å². The number of aliphatic hydroxyl groups excluding tert-OH is 2. The van der Waals surface area contributed by atoms with Gasteiger partial charge in [0.05, 0.1) is 101 Å². The molecule has 10 saturated heterocycles. The van der Waals surface area contributed by atoms with E-state index in [0.29, 0.717) is 50.1 Å². The fraction of sp³-hybridized carbons (Fsp3) is 0.585. The van der Waals surface area contributed by atoms with Gasteiger partial charge in [-0.3, -0.25) is 76.2 Å². The number of aliphatic hydroxyl groups is 2. The van der Waals surface area contributed by atoms with E-state index >= 15 is 0 Å². The number of aromatic amines is 2. The quantitative estimate of drug-likeness (QED) is 0.0327. The van der Waals surface area contributed by atoms with Gasteiger partial charge in [-0.25, -0.2) is 45.9 Å². The molecule has 20 atom stereocenters. The van der Waals surface area contributed by atoms with Gasteiger partial charge < -0.3 is 50.3 Å². The van der Waals surface area contributed by atoms with Crippen LogP contribution in [0.1, 0.15) is 139 Å². The van der Waals surface area contributed by atoms with Crippen LogP contribution in [0.15, 0.2) is 156 Å². The van der Waals surface area contributed by atoms with E-state index in [1.807, 2.05) is 47.6 Å². The first-order valence-electron chi connectivity index (χ1n) is 42.0. The summed E-state index contributed by atoms with van der Waals surface area (Å²) in [5, 5.41) is 34.6. The number of carbonyl (C=O) groups is 2. The highest BCUT2D eigenvalue weighted by Gasteiger charge is 2.68. The molecule has 686 valence electrons. The van der Waals surface area contributed by atoms with Crippen molar-refractivity contribution in [2.24, 2.45) is 17.8 Å². The molecular weight excluding hydrogens is 1670 g/mol. The average molecular weight is 1780 g/mol. The zero-order valence-electron chi connectivity index (χ0n) is 70.8. The van der Waals surface area contributed by atoms with Crippen LogP contribution in [0.3, 0.4) is 0 Å². The zero-order valence-corrected chi connectivity index (χ0v) is 70.8. The summed E-state index contributed by atoms with van der Waals surface area (Å²) in [5.74, 6) is 0.0853. The number of rotatable bonds is 29. The Morgan fingerprint density at radius 2 is 0.675 bits per heavy atom. The highest BCUT2D eigenvalue weighted by Crippen LogP contribution is 2.55. The topological polar surface area (TPSA) is 448 Å². The molecular formula is C82H107F5N18O21. The number of nitrogens with one attached hydrogen (secondary N) is 4. The summed E-state index contributed by atoms with van der Waals surface area (Å²) in [5.41, 5.74) is -0.397. The molecule has 44 heteroatoms. The van der Waals surface area contributed by atoms with E-state index in [0.717, 1.165) is 19.3 Å². The lowest BCUT2D eigenvalue weighted by Crippen LogP contribution is -2.48. The van der Waals surface area contributed by atoms with Gasteiger partial charge in [-0.2, -0.15) is 40.3 Å². The van der Waals surface area contributed by atoms with E-state index in [1.165, 1.54) is 69.8 Å². The van der Waals surface area contributed by atoms with Gasteiger partial charge >= 0.3 is 28.4 Å².